The fourth-order valence-electron chi connectivity index (χ4n) is 1.90. The van der Waals surface area contributed by atoms with Crippen molar-refractivity contribution in [3.8, 4) is 0 Å². The zero-order valence-electron chi connectivity index (χ0n) is 10.9. The molecule has 0 radical (unpaired) electrons. The number of halogens is 3. The summed E-state index contributed by atoms with van der Waals surface area (Å²) in [5, 5.41) is 15.4. The van der Waals surface area contributed by atoms with Crippen LogP contribution in [0.4, 0.5) is 11.4 Å². The lowest BCUT2D eigenvalue weighted by Crippen LogP contribution is -2.08. The van der Waals surface area contributed by atoms with E-state index >= 15 is 0 Å². The van der Waals surface area contributed by atoms with E-state index in [1.54, 1.807) is 18.2 Å². The Morgan fingerprint density at radius 2 is 1.81 bits per heavy atom. The summed E-state index contributed by atoms with van der Waals surface area (Å²) in [6, 6.07) is 9.22. The Bertz CT molecular complexity index is 692. The molecule has 0 saturated heterocycles. The molecule has 0 aliphatic rings. The van der Waals surface area contributed by atoms with E-state index in [9.17, 15) is 10.1 Å². The zero-order chi connectivity index (χ0) is 15.6. The summed E-state index contributed by atoms with van der Waals surface area (Å²) < 4.78 is 0. The van der Waals surface area contributed by atoms with Crippen molar-refractivity contribution in [3.05, 3.63) is 67.1 Å². The van der Waals surface area contributed by atoms with Crippen LogP contribution in [0.3, 0.4) is 0 Å². The van der Waals surface area contributed by atoms with Gasteiger partial charge >= 0.3 is 0 Å². The predicted octanol–water partition coefficient (Wildman–Crippen LogP) is 5.73. The molecular weight excluding hydrogens is 335 g/mol. The molecular formula is C14H11Cl3N2O2. The lowest BCUT2D eigenvalue weighted by Gasteiger charge is -2.18. The van der Waals surface area contributed by atoms with Crippen LogP contribution in [-0.2, 0) is 0 Å². The summed E-state index contributed by atoms with van der Waals surface area (Å²) in [7, 11) is 0. The van der Waals surface area contributed by atoms with Crippen molar-refractivity contribution in [1.29, 1.82) is 0 Å². The van der Waals surface area contributed by atoms with Gasteiger partial charge in [0.1, 0.15) is 0 Å². The minimum absolute atomic E-state index is 0.0312. The smallest absolute Gasteiger partial charge is 0.271 e. The quantitative estimate of drug-likeness (QED) is 0.569. The first kappa shape index (κ1) is 15.9. The lowest BCUT2D eigenvalue weighted by molar-refractivity contribution is -0.384. The second-order valence-electron chi connectivity index (χ2n) is 4.45. The van der Waals surface area contributed by atoms with Gasteiger partial charge < -0.3 is 5.32 Å². The van der Waals surface area contributed by atoms with Crippen molar-refractivity contribution < 1.29 is 4.92 Å². The fraction of sp³-hybridized carbons (Fsp3) is 0.143. The Hall–Kier alpha value is -1.49. The molecule has 0 aliphatic carbocycles. The molecule has 0 amide bonds. The van der Waals surface area contributed by atoms with E-state index in [0.717, 1.165) is 5.56 Å². The molecule has 1 atom stereocenters. The van der Waals surface area contributed by atoms with E-state index in [2.05, 4.69) is 5.32 Å². The molecule has 4 nitrogen and oxygen atoms in total. The highest BCUT2D eigenvalue weighted by molar-refractivity contribution is 6.35. The summed E-state index contributed by atoms with van der Waals surface area (Å²) in [5.74, 6) is 0. The van der Waals surface area contributed by atoms with Gasteiger partial charge in [-0.3, -0.25) is 10.1 Å². The average Bonchev–Trinajstić information content (AvgIpc) is 2.40. The van der Waals surface area contributed by atoms with Crippen LogP contribution in [-0.4, -0.2) is 4.92 Å². The van der Waals surface area contributed by atoms with E-state index < -0.39 is 4.92 Å². The molecule has 2 aromatic rings. The second-order valence-corrected chi connectivity index (χ2v) is 5.70. The number of non-ortho nitro benzene ring substituents is 1. The molecule has 0 saturated carbocycles. The molecule has 0 bridgehead atoms. The van der Waals surface area contributed by atoms with E-state index in [-0.39, 0.29) is 11.7 Å². The number of anilines is 1. The fourth-order valence-corrected chi connectivity index (χ4v) is 2.65. The lowest BCUT2D eigenvalue weighted by atomic mass is 10.1. The average molecular weight is 346 g/mol. The summed E-state index contributed by atoms with van der Waals surface area (Å²) in [6.07, 6.45) is 0. The predicted molar refractivity (Wildman–Crippen MR) is 86.6 cm³/mol. The maximum absolute atomic E-state index is 10.8. The van der Waals surface area contributed by atoms with Crippen molar-refractivity contribution in [3.63, 3.8) is 0 Å². The molecule has 0 aromatic heterocycles. The molecule has 0 fully saturated rings. The Labute approximate surface area is 136 Å². The van der Waals surface area contributed by atoms with Gasteiger partial charge in [0.15, 0.2) is 0 Å². The van der Waals surface area contributed by atoms with E-state index in [1.165, 1.54) is 18.2 Å². The van der Waals surface area contributed by atoms with E-state index in [1.807, 2.05) is 6.92 Å². The molecule has 21 heavy (non-hydrogen) atoms. The Morgan fingerprint density at radius 1 is 1.10 bits per heavy atom. The Balaban J connectivity index is 2.28. The summed E-state index contributed by atoms with van der Waals surface area (Å²) in [5.41, 5.74) is 1.27. The maximum atomic E-state index is 10.8. The molecule has 1 N–H and O–H groups in total. The second kappa shape index (κ2) is 6.52. The van der Waals surface area contributed by atoms with Gasteiger partial charge in [0.25, 0.3) is 5.69 Å². The highest BCUT2D eigenvalue weighted by atomic mass is 35.5. The zero-order valence-corrected chi connectivity index (χ0v) is 13.2. The first-order valence-corrected chi connectivity index (χ1v) is 7.17. The van der Waals surface area contributed by atoms with Crippen molar-refractivity contribution >= 4 is 46.2 Å². The summed E-state index contributed by atoms with van der Waals surface area (Å²) >= 11 is 18.1. The number of nitrogens with zero attached hydrogens (tertiary/aromatic N) is 1. The molecule has 1 unspecified atom stereocenters. The number of nitro benzene ring substituents is 1. The van der Waals surface area contributed by atoms with E-state index in [4.69, 9.17) is 34.8 Å². The third-order valence-corrected chi connectivity index (χ3v) is 3.85. The normalized spacial score (nSPS) is 12.0. The number of nitro groups is 1. The van der Waals surface area contributed by atoms with Gasteiger partial charge in [-0.15, -0.1) is 0 Å². The third kappa shape index (κ3) is 3.79. The van der Waals surface area contributed by atoms with Gasteiger partial charge in [-0.2, -0.15) is 0 Å². The first-order chi connectivity index (χ1) is 9.88. The number of hydrogen-bond donors (Lipinski definition) is 1. The standard InChI is InChI=1S/C14H11Cl3N2O2/c1-8(11-4-2-9(15)6-13(11)17)18-14-7-10(19(20)21)3-5-12(14)16/h2-8,18H,1H3. The summed E-state index contributed by atoms with van der Waals surface area (Å²) in [4.78, 5) is 10.3. The largest absolute Gasteiger partial charge is 0.377 e. The van der Waals surface area contributed by atoms with Crippen LogP contribution in [0, 0.1) is 10.1 Å². The van der Waals surface area contributed by atoms with Gasteiger partial charge in [0.05, 0.1) is 21.7 Å². The van der Waals surface area contributed by atoms with Crippen molar-refractivity contribution in [2.75, 3.05) is 5.32 Å². The minimum atomic E-state index is -0.471. The van der Waals surface area contributed by atoms with Crippen LogP contribution in [0.2, 0.25) is 15.1 Å². The van der Waals surface area contributed by atoms with Gasteiger partial charge in [0, 0.05) is 22.2 Å². The molecule has 0 spiro atoms. The molecule has 2 rings (SSSR count). The Kier molecular flexibility index (Phi) is 4.93. The SMILES string of the molecule is CC(Nc1cc([N+](=O)[O-])ccc1Cl)c1ccc(Cl)cc1Cl. The van der Waals surface area contributed by atoms with Crippen LogP contribution in [0.5, 0.6) is 0 Å². The van der Waals surface area contributed by atoms with Crippen molar-refractivity contribution in [1.82, 2.24) is 0 Å². The third-order valence-electron chi connectivity index (χ3n) is 2.96. The number of benzene rings is 2. The maximum Gasteiger partial charge on any atom is 0.271 e. The number of nitrogens with one attached hydrogen (secondary N) is 1. The van der Waals surface area contributed by atoms with Crippen LogP contribution >= 0.6 is 34.8 Å². The highest BCUT2D eigenvalue weighted by Gasteiger charge is 2.14. The van der Waals surface area contributed by atoms with Crippen molar-refractivity contribution in [2.24, 2.45) is 0 Å². The van der Waals surface area contributed by atoms with Gasteiger partial charge in [-0.1, -0.05) is 40.9 Å². The van der Waals surface area contributed by atoms with Gasteiger partial charge in [0.2, 0.25) is 0 Å². The van der Waals surface area contributed by atoms with Crippen molar-refractivity contribution in [2.45, 2.75) is 13.0 Å². The highest BCUT2D eigenvalue weighted by Crippen LogP contribution is 2.32. The van der Waals surface area contributed by atoms with Crippen LogP contribution in [0.15, 0.2) is 36.4 Å². The molecule has 0 aliphatic heterocycles. The van der Waals surface area contributed by atoms with Crippen LogP contribution < -0.4 is 5.32 Å². The summed E-state index contributed by atoms with van der Waals surface area (Å²) in [6.45, 7) is 1.88. The number of rotatable bonds is 4. The van der Waals surface area contributed by atoms with Gasteiger partial charge in [-0.05, 0) is 30.7 Å². The topological polar surface area (TPSA) is 55.2 Å². The number of hydrogen-bond acceptors (Lipinski definition) is 3. The van der Waals surface area contributed by atoms with Crippen LogP contribution in [0.1, 0.15) is 18.5 Å². The molecule has 0 heterocycles. The molecule has 7 heteroatoms. The Morgan fingerprint density at radius 3 is 2.43 bits per heavy atom. The van der Waals surface area contributed by atoms with E-state index in [0.29, 0.717) is 20.8 Å². The first-order valence-electron chi connectivity index (χ1n) is 6.04. The monoisotopic (exact) mass is 344 g/mol. The minimum Gasteiger partial charge on any atom is -0.377 e. The molecule has 110 valence electrons. The molecule has 2 aromatic carbocycles. The van der Waals surface area contributed by atoms with Crippen LogP contribution in [0.25, 0.3) is 0 Å². The van der Waals surface area contributed by atoms with Gasteiger partial charge in [-0.25, -0.2) is 0 Å².